The van der Waals surface area contributed by atoms with Crippen LogP contribution in [0.25, 0.3) is 22.2 Å². The van der Waals surface area contributed by atoms with Crippen molar-refractivity contribution in [3.63, 3.8) is 0 Å². The highest BCUT2D eigenvalue weighted by Gasteiger charge is 2.34. The zero-order valence-electron chi connectivity index (χ0n) is 15.6. The predicted molar refractivity (Wildman–Crippen MR) is 108 cm³/mol. The van der Waals surface area contributed by atoms with Crippen LogP contribution in [0.5, 0.6) is 0 Å². The summed E-state index contributed by atoms with van der Waals surface area (Å²) in [7, 11) is 0. The third-order valence-corrected chi connectivity index (χ3v) is 5.22. The van der Waals surface area contributed by atoms with E-state index in [2.05, 4.69) is 5.10 Å². The van der Waals surface area contributed by atoms with Crippen LogP contribution in [-0.4, -0.2) is 20.9 Å². The van der Waals surface area contributed by atoms with Crippen LogP contribution in [-0.2, 0) is 12.7 Å². The maximum absolute atomic E-state index is 14.7. The number of nitrogens with zero attached hydrogens (tertiary/aromatic N) is 2. The fourth-order valence-electron chi connectivity index (χ4n) is 3.41. The molecule has 0 radical (unpaired) electrons. The number of aromatic carboxylic acids is 1. The van der Waals surface area contributed by atoms with Gasteiger partial charge >= 0.3 is 12.1 Å². The summed E-state index contributed by atoms with van der Waals surface area (Å²) in [5.74, 6) is -1.72. The smallest absolute Gasteiger partial charge is 0.416 e. The van der Waals surface area contributed by atoms with Crippen molar-refractivity contribution < 1.29 is 27.5 Å². The summed E-state index contributed by atoms with van der Waals surface area (Å²) >= 11 is 6.07. The summed E-state index contributed by atoms with van der Waals surface area (Å²) in [4.78, 5) is 11.1. The molecule has 0 bridgehead atoms. The third-order valence-electron chi connectivity index (χ3n) is 4.86. The first kappa shape index (κ1) is 20.9. The van der Waals surface area contributed by atoms with Gasteiger partial charge in [0, 0.05) is 16.1 Å². The van der Waals surface area contributed by atoms with E-state index in [4.69, 9.17) is 16.7 Å². The summed E-state index contributed by atoms with van der Waals surface area (Å²) in [5, 5.41) is 13.5. The van der Waals surface area contributed by atoms with Crippen LogP contribution >= 0.6 is 11.6 Å². The molecule has 31 heavy (non-hydrogen) atoms. The highest BCUT2D eigenvalue weighted by atomic mass is 35.5. The summed E-state index contributed by atoms with van der Waals surface area (Å²) in [6.45, 7) is -0.332. The number of carboxylic acid groups (broad SMARTS) is 1. The maximum Gasteiger partial charge on any atom is 0.416 e. The molecular weight excluding hydrogens is 436 g/mol. The first-order valence-corrected chi connectivity index (χ1v) is 9.38. The van der Waals surface area contributed by atoms with Gasteiger partial charge in [0.2, 0.25) is 0 Å². The van der Waals surface area contributed by atoms with Gasteiger partial charge in [0.15, 0.2) is 0 Å². The molecule has 0 saturated carbocycles. The Morgan fingerprint density at radius 3 is 2.35 bits per heavy atom. The van der Waals surface area contributed by atoms with Gasteiger partial charge in [0.25, 0.3) is 0 Å². The first-order valence-electron chi connectivity index (χ1n) is 9.00. The topological polar surface area (TPSA) is 55.1 Å². The van der Waals surface area contributed by atoms with Gasteiger partial charge in [-0.05, 0) is 36.4 Å². The monoisotopic (exact) mass is 448 g/mol. The molecular formula is C22H13ClF4N2O2. The Morgan fingerprint density at radius 1 is 1.03 bits per heavy atom. The minimum absolute atomic E-state index is 0.0406. The number of hydrogen-bond acceptors (Lipinski definition) is 2. The van der Waals surface area contributed by atoms with Gasteiger partial charge < -0.3 is 5.11 Å². The normalized spacial score (nSPS) is 11.8. The van der Waals surface area contributed by atoms with Crippen LogP contribution in [0.1, 0.15) is 21.5 Å². The van der Waals surface area contributed by atoms with Crippen molar-refractivity contribution in [2.45, 2.75) is 12.7 Å². The zero-order valence-corrected chi connectivity index (χ0v) is 16.4. The molecule has 0 fully saturated rings. The zero-order chi connectivity index (χ0) is 22.3. The summed E-state index contributed by atoms with van der Waals surface area (Å²) < 4.78 is 56.4. The number of carbonyl (C=O) groups is 1. The predicted octanol–water partition coefficient (Wildman–Crippen LogP) is 6.26. The van der Waals surface area contributed by atoms with Crippen molar-refractivity contribution in [2.24, 2.45) is 0 Å². The minimum Gasteiger partial charge on any atom is -0.478 e. The van der Waals surface area contributed by atoms with Crippen molar-refractivity contribution in [3.05, 3.63) is 88.2 Å². The molecule has 1 N–H and O–H groups in total. The minimum atomic E-state index is -4.62. The molecule has 4 nitrogen and oxygen atoms in total. The molecule has 0 saturated heterocycles. The van der Waals surface area contributed by atoms with Gasteiger partial charge in [-0.15, -0.1) is 0 Å². The lowest BCUT2D eigenvalue weighted by Gasteiger charge is -2.14. The number of rotatable bonds is 4. The molecule has 1 aromatic heterocycles. The molecule has 0 aliphatic carbocycles. The van der Waals surface area contributed by atoms with E-state index in [0.29, 0.717) is 5.56 Å². The van der Waals surface area contributed by atoms with E-state index in [9.17, 15) is 22.4 Å². The molecule has 0 amide bonds. The van der Waals surface area contributed by atoms with Crippen LogP contribution in [0.2, 0.25) is 5.02 Å². The SMILES string of the molecule is O=C(O)c1ccc(-c2nn(Cc3c(Cl)cccc3C(F)(F)F)c3cccc(F)c23)cc1. The van der Waals surface area contributed by atoms with Crippen molar-refractivity contribution in [2.75, 3.05) is 0 Å². The molecule has 0 unspecified atom stereocenters. The number of aromatic nitrogens is 2. The number of alkyl halides is 3. The molecule has 0 aliphatic heterocycles. The molecule has 0 aliphatic rings. The summed E-state index contributed by atoms with van der Waals surface area (Å²) in [6, 6.07) is 13.3. The highest BCUT2D eigenvalue weighted by Crippen LogP contribution is 2.37. The molecule has 4 rings (SSSR count). The van der Waals surface area contributed by atoms with Crippen LogP contribution in [0.3, 0.4) is 0 Å². The van der Waals surface area contributed by atoms with Gasteiger partial charge in [0.05, 0.1) is 28.6 Å². The Bertz CT molecular complexity index is 1300. The van der Waals surface area contributed by atoms with Crippen molar-refractivity contribution in [1.82, 2.24) is 9.78 Å². The maximum atomic E-state index is 14.7. The third kappa shape index (κ3) is 3.86. The Kier molecular flexibility index (Phi) is 5.18. The number of benzene rings is 3. The van der Waals surface area contributed by atoms with Crippen molar-refractivity contribution >= 4 is 28.5 Å². The second-order valence-electron chi connectivity index (χ2n) is 6.79. The lowest BCUT2D eigenvalue weighted by molar-refractivity contribution is -0.138. The average molecular weight is 449 g/mol. The number of fused-ring (bicyclic) bond motifs is 1. The van der Waals surface area contributed by atoms with Crippen molar-refractivity contribution in [1.29, 1.82) is 0 Å². The summed E-state index contributed by atoms with van der Waals surface area (Å²) in [6.07, 6.45) is -4.62. The van der Waals surface area contributed by atoms with E-state index < -0.39 is 23.5 Å². The summed E-state index contributed by atoms with van der Waals surface area (Å²) in [5.41, 5.74) is -0.144. The van der Waals surface area contributed by atoms with Crippen LogP contribution < -0.4 is 0 Å². The van der Waals surface area contributed by atoms with Crippen molar-refractivity contribution in [3.8, 4) is 11.3 Å². The first-order chi connectivity index (χ1) is 14.7. The Balaban J connectivity index is 1.89. The lowest BCUT2D eigenvalue weighted by Crippen LogP contribution is -2.13. The Hall–Kier alpha value is -3.39. The Morgan fingerprint density at radius 2 is 1.71 bits per heavy atom. The van der Waals surface area contributed by atoms with Crippen LogP contribution in [0.4, 0.5) is 17.6 Å². The van der Waals surface area contributed by atoms with Gasteiger partial charge in [-0.25, -0.2) is 9.18 Å². The number of hydrogen-bond donors (Lipinski definition) is 1. The van der Waals surface area contributed by atoms with E-state index in [1.165, 1.54) is 53.2 Å². The fourth-order valence-corrected chi connectivity index (χ4v) is 3.65. The van der Waals surface area contributed by atoms with Gasteiger partial charge in [-0.3, -0.25) is 4.68 Å². The van der Waals surface area contributed by atoms with Gasteiger partial charge in [0.1, 0.15) is 11.5 Å². The van der Waals surface area contributed by atoms with E-state index in [1.54, 1.807) is 6.07 Å². The molecule has 4 aromatic rings. The van der Waals surface area contributed by atoms with Gasteiger partial charge in [-0.1, -0.05) is 35.9 Å². The molecule has 0 atom stereocenters. The standard InChI is InChI=1S/C22H13ClF4N2O2/c23-16-4-1-3-15(22(25,26)27)14(16)11-29-18-6-2-5-17(24)19(18)20(28-29)12-7-9-13(10-8-12)21(30)31/h1-10H,11H2,(H,30,31). The van der Waals surface area contributed by atoms with E-state index in [1.807, 2.05) is 0 Å². The average Bonchev–Trinajstić information content (AvgIpc) is 3.08. The van der Waals surface area contributed by atoms with Crippen LogP contribution in [0.15, 0.2) is 60.7 Å². The highest BCUT2D eigenvalue weighted by molar-refractivity contribution is 6.31. The quantitative estimate of drug-likeness (QED) is 0.375. The van der Waals surface area contributed by atoms with E-state index in [-0.39, 0.29) is 39.3 Å². The van der Waals surface area contributed by atoms with Gasteiger partial charge in [-0.2, -0.15) is 18.3 Å². The van der Waals surface area contributed by atoms with Crippen LogP contribution in [0, 0.1) is 5.82 Å². The second kappa shape index (κ2) is 7.70. The molecule has 158 valence electrons. The van der Waals surface area contributed by atoms with E-state index >= 15 is 0 Å². The largest absolute Gasteiger partial charge is 0.478 e. The molecule has 0 spiro atoms. The lowest BCUT2D eigenvalue weighted by atomic mass is 10.1. The number of halogens is 5. The van der Waals surface area contributed by atoms with E-state index in [0.717, 1.165) is 6.07 Å². The molecule has 9 heteroatoms. The molecule has 3 aromatic carbocycles. The number of carboxylic acids is 1. The second-order valence-corrected chi connectivity index (χ2v) is 7.19. The Labute approximate surface area is 178 Å². The molecule has 1 heterocycles. The fraction of sp³-hybridized carbons (Fsp3) is 0.0909.